The van der Waals surface area contributed by atoms with Crippen LogP contribution in [0.4, 0.5) is 0 Å². The zero-order valence-corrected chi connectivity index (χ0v) is 11.5. The van der Waals surface area contributed by atoms with Crippen molar-refractivity contribution in [2.75, 3.05) is 6.54 Å². The van der Waals surface area contributed by atoms with Gasteiger partial charge in [0.15, 0.2) is 0 Å². The van der Waals surface area contributed by atoms with Crippen LogP contribution in [0.15, 0.2) is 23.5 Å². The maximum absolute atomic E-state index is 4.34. The second-order valence-corrected chi connectivity index (χ2v) is 6.34. The van der Waals surface area contributed by atoms with Crippen molar-refractivity contribution >= 4 is 11.3 Å². The second kappa shape index (κ2) is 5.11. The predicted molar refractivity (Wildman–Crippen MR) is 71.9 cm³/mol. The van der Waals surface area contributed by atoms with Crippen molar-refractivity contribution in [2.45, 2.75) is 39.7 Å². The molecule has 1 rings (SSSR count). The highest BCUT2D eigenvalue weighted by Gasteiger charge is 2.23. The normalized spacial score (nSPS) is 15.8. The summed E-state index contributed by atoms with van der Waals surface area (Å²) in [4.78, 5) is 4.34. The number of nitrogens with zero attached hydrogens (tertiary/aromatic N) is 1. The van der Waals surface area contributed by atoms with E-state index in [1.807, 2.05) is 11.6 Å². The van der Waals surface area contributed by atoms with E-state index in [1.165, 1.54) is 0 Å². The maximum atomic E-state index is 4.34. The van der Waals surface area contributed by atoms with Gasteiger partial charge in [0.2, 0.25) is 0 Å². The van der Waals surface area contributed by atoms with Crippen molar-refractivity contribution in [1.82, 2.24) is 10.3 Å². The largest absolute Gasteiger partial charge is 0.311 e. The fourth-order valence-electron chi connectivity index (χ4n) is 1.41. The average molecular weight is 238 g/mol. The molecule has 0 spiro atoms. The number of thiazole rings is 1. The Morgan fingerprint density at radius 3 is 2.56 bits per heavy atom. The molecule has 1 N–H and O–H groups in total. The minimum absolute atomic E-state index is 0.0708. The van der Waals surface area contributed by atoms with E-state index in [1.54, 1.807) is 11.3 Å². The van der Waals surface area contributed by atoms with Gasteiger partial charge in [0, 0.05) is 29.3 Å². The smallest absolute Gasteiger partial charge is 0.0794 e. The summed E-state index contributed by atoms with van der Waals surface area (Å²) < 4.78 is 0. The molecule has 0 aliphatic carbocycles. The first-order valence-electron chi connectivity index (χ1n) is 5.60. The van der Waals surface area contributed by atoms with Gasteiger partial charge in [0.25, 0.3) is 0 Å². The topological polar surface area (TPSA) is 24.9 Å². The molecular weight excluding hydrogens is 216 g/mol. The van der Waals surface area contributed by atoms with Gasteiger partial charge in [-0.1, -0.05) is 13.0 Å². The first-order valence-corrected chi connectivity index (χ1v) is 6.55. The summed E-state index contributed by atoms with van der Waals surface area (Å²) >= 11 is 1.65. The SMILES string of the molecule is C=CC(C)(CNC(C)(C)C)Cc1cscn1. The number of nitrogens with one attached hydrogen (secondary N) is 1. The van der Waals surface area contributed by atoms with E-state index in [0.29, 0.717) is 0 Å². The van der Waals surface area contributed by atoms with E-state index in [-0.39, 0.29) is 11.0 Å². The fraction of sp³-hybridized carbons (Fsp3) is 0.615. The van der Waals surface area contributed by atoms with E-state index in [2.05, 4.69) is 50.0 Å². The molecule has 1 aromatic heterocycles. The van der Waals surface area contributed by atoms with Crippen LogP contribution < -0.4 is 5.32 Å². The molecule has 0 aliphatic rings. The molecule has 0 saturated heterocycles. The van der Waals surface area contributed by atoms with Crippen LogP contribution in [0, 0.1) is 5.41 Å². The summed E-state index contributed by atoms with van der Waals surface area (Å²) in [5.41, 5.74) is 3.26. The van der Waals surface area contributed by atoms with Crippen molar-refractivity contribution in [3.63, 3.8) is 0 Å². The van der Waals surface area contributed by atoms with E-state index >= 15 is 0 Å². The summed E-state index contributed by atoms with van der Waals surface area (Å²) in [5, 5.41) is 5.64. The van der Waals surface area contributed by atoms with Gasteiger partial charge in [-0.3, -0.25) is 0 Å². The van der Waals surface area contributed by atoms with Gasteiger partial charge in [-0.05, 0) is 20.8 Å². The Morgan fingerprint density at radius 2 is 2.12 bits per heavy atom. The van der Waals surface area contributed by atoms with E-state index in [9.17, 15) is 0 Å². The van der Waals surface area contributed by atoms with Crippen molar-refractivity contribution in [3.05, 3.63) is 29.2 Å². The first-order chi connectivity index (χ1) is 7.35. The molecule has 0 bridgehead atoms. The van der Waals surface area contributed by atoms with Crippen molar-refractivity contribution in [3.8, 4) is 0 Å². The number of hydrogen-bond donors (Lipinski definition) is 1. The quantitative estimate of drug-likeness (QED) is 0.796. The first kappa shape index (κ1) is 13.4. The Kier molecular flexibility index (Phi) is 4.28. The highest BCUT2D eigenvalue weighted by atomic mass is 32.1. The molecule has 1 aromatic rings. The molecule has 0 fully saturated rings. The molecule has 3 heteroatoms. The molecular formula is C13H22N2S. The molecule has 0 aromatic carbocycles. The number of aromatic nitrogens is 1. The highest BCUT2D eigenvalue weighted by molar-refractivity contribution is 7.07. The molecule has 1 heterocycles. The fourth-order valence-corrected chi connectivity index (χ4v) is 1.97. The predicted octanol–water partition coefficient (Wildman–Crippen LogP) is 3.27. The lowest BCUT2D eigenvalue weighted by Gasteiger charge is -2.30. The maximum Gasteiger partial charge on any atom is 0.0794 e. The Morgan fingerprint density at radius 1 is 1.44 bits per heavy atom. The third-order valence-electron chi connectivity index (χ3n) is 2.58. The monoisotopic (exact) mass is 238 g/mol. The number of rotatable bonds is 5. The van der Waals surface area contributed by atoms with Crippen LogP contribution in [-0.2, 0) is 6.42 Å². The van der Waals surface area contributed by atoms with Crippen molar-refractivity contribution in [2.24, 2.45) is 5.41 Å². The van der Waals surface area contributed by atoms with Crippen LogP contribution >= 0.6 is 11.3 Å². The van der Waals surface area contributed by atoms with Gasteiger partial charge in [0.05, 0.1) is 11.2 Å². The summed E-state index contributed by atoms with van der Waals surface area (Å²) in [6.07, 6.45) is 2.98. The van der Waals surface area contributed by atoms with Crippen LogP contribution in [-0.4, -0.2) is 17.1 Å². The molecule has 16 heavy (non-hydrogen) atoms. The van der Waals surface area contributed by atoms with E-state index < -0.39 is 0 Å². The highest BCUT2D eigenvalue weighted by Crippen LogP contribution is 2.23. The average Bonchev–Trinajstić information content (AvgIpc) is 2.66. The van der Waals surface area contributed by atoms with Crippen LogP contribution in [0.1, 0.15) is 33.4 Å². The number of hydrogen-bond acceptors (Lipinski definition) is 3. The molecule has 0 aliphatic heterocycles. The van der Waals surface area contributed by atoms with Gasteiger partial charge >= 0.3 is 0 Å². The Labute approximate surface area is 103 Å². The minimum Gasteiger partial charge on any atom is -0.311 e. The molecule has 0 amide bonds. The van der Waals surface area contributed by atoms with E-state index in [0.717, 1.165) is 18.7 Å². The summed E-state index contributed by atoms with van der Waals surface area (Å²) in [6, 6.07) is 0. The lowest BCUT2D eigenvalue weighted by atomic mass is 9.85. The molecule has 0 radical (unpaired) electrons. The van der Waals surface area contributed by atoms with Crippen LogP contribution in [0.3, 0.4) is 0 Å². The van der Waals surface area contributed by atoms with Gasteiger partial charge < -0.3 is 5.32 Å². The van der Waals surface area contributed by atoms with Crippen LogP contribution in [0.25, 0.3) is 0 Å². The third-order valence-corrected chi connectivity index (χ3v) is 3.22. The molecule has 1 atom stereocenters. The standard InChI is InChI=1S/C13H22N2S/c1-6-13(5,9-15-12(2,3)4)7-11-8-16-10-14-11/h6,8,10,15H,1,7,9H2,2-5H3. The van der Waals surface area contributed by atoms with Crippen LogP contribution in [0.5, 0.6) is 0 Å². The third kappa shape index (κ3) is 4.45. The Balaban J connectivity index is 2.60. The second-order valence-electron chi connectivity index (χ2n) is 5.62. The lowest BCUT2D eigenvalue weighted by molar-refractivity contribution is 0.321. The molecule has 1 unspecified atom stereocenters. The van der Waals surface area contributed by atoms with Crippen LogP contribution in [0.2, 0.25) is 0 Å². The van der Waals surface area contributed by atoms with Gasteiger partial charge in [-0.25, -0.2) is 4.98 Å². The summed E-state index contributed by atoms with van der Waals surface area (Å²) in [7, 11) is 0. The summed E-state index contributed by atoms with van der Waals surface area (Å²) in [5.74, 6) is 0. The van der Waals surface area contributed by atoms with E-state index in [4.69, 9.17) is 0 Å². The van der Waals surface area contributed by atoms with Gasteiger partial charge in [-0.15, -0.1) is 17.9 Å². The van der Waals surface area contributed by atoms with Crippen molar-refractivity contribution in [1.29, 1.82) is 0 Å². The van der Waals surface area contributed by atoms with Gasteiger partial charge in [-0.2, -0.15) is 0 Å². The Bertz CT molecular complexity index is 324. The zero-order valence-electron chi connectivity index (χ0n) is 10.7. The minimum atomic E-state index is 0.0708. The molecule has 0 saturated carbocycles. The lowest BCUT2D eigenvalue weighted by Crippen LogP contribution is -2.43. The molecule has 90 valence electrons. The van der Waals surface area contributed by atoms with Gasteiger partial charge in [0.1, 0.15) is 0 Å². The summed E-state index contributed by atoms with van der Waals surface area (Å²) in [6.45, 7) is 13.6. The zero-order chi connectivity index (χ0) is 12.2. The Hall–Kier alpha value is -0.670. The van der Waals surface area contributed by atoms with Crippen molar-refractivity contribution < 1.29 is 0 Å². The molecule has 2 nitrogen and oxygen atoms in total.